The van der Waals surface area contributed by atoms with Crippen molar-refractivity contribution in [1.82, 2.24) is 0 Å². The Labute approximate surface area is 179 Å². The van der Waals surface area contributed by atoms with Gasteiger partial charge in [0.25, 0.3) is 5.91 Å². The van der Waals surface area contributed by atoms with E-state index in [2.05, 4.69) is 0 Å². The number of carbonyl (C=O) groups excluding carboxylic acids is 1. The summed E-state index contributed by atoms with van der Waals surface area (Å²) in [7, 11) is 0. The molecule has 1 saturated heterocycles. The van der Waals surface area contributed by atoms with E-state index in [0.29, 0.717) is 39.0 Å². The number of ether oxygens (including phenoxy) is 2. The molecule has 1 aliphatic rings. The van der Waals surface area contributed by atoms with Gasteiger partial charge in [0, 0.05) is 0 Å². The van der Waals surface area contributed by atoms with Crippen molar-refractivity contribution >= 4 is 57.6 Å². The minimum Gasteiger partial charge on any atom is -0.490 e. The number of amides is 1. The van der Waals surface area contributed by atoms with Crippen LogP contribution in [0.5, 0.6) is 11.5 Å². The molecule has 0 aromatic heterocycles. The first kappa shape index (κ1) is 20.7. The Morgan fingerprint density at radius 1 is 1.14 bits per heavy atom. The second kappa shape index (κ2) is 8.99. The van der Waals surface area contributed by atoms with E-state index in [1.54, 1.807) is 17.0 Å². The molecule has 146 valence electrons. The maximum Gasteiger partial charge on any atom is 0.270 e. The van der Waals surface area contributed by atoms with Gasteiger partial charge in [0.1, 0.15) is 0 Å². The van der Waals surface area contributed by atoms with Gasteiger partial charge in [-0.2, -0.15) is 0 Å². The van der Waals surface area contributed by atoms with E-state index in [0.717, 1.165) is 16.8 Å². The zero-order chi connectivity index (χ0) is 20.3. The van der Waals surface area contributed by atoms with E-state index < -0.39 is 0 Å². The molecule has 3 rings (SSSR count). The molecule has 0 atom stereocenters. The lowest BCUT2D eigenvalue weighted by Gasteiger charge is -2.14. The van der Waals surface area contributed by atoms with Crippen LogP contribution in [0.3, 0.4) is 0 Å². The second-order valence-electron chi connectivity index (χ2n) is 6.05. The van der Waals surface area contributed by atoms with Gasteiger partial charge in [-0.3, -0.25) is 9.69 Å². The Kier molecular flexibility index (Phi) is 6.65. The van der Waals surface area contributed by atoms with Crippen molar-refractivity contribution in [2.24, 2.45) is 0 Å². The fourth-order valence-electron chi connectivity index (χ4n) is 2.75. The molecule has 0 radical (unpaired) electrons. The van der Waals surface area contributed by atoms with Crippen LogP contribution in [0.25, 0.3) is 6.08 Å². The van der Waals surface area contributed by atoms with Crippen LogP contribution in [0.15, 0.2) is 41.3 Å². The van der Waals surface area contributed by atoms with Crippen molar-refractivity contribution < 1.29 is 14.3 Å². The van der Waals surface area contributed by atoms with Crippen molar-refractivity contribution in [3.05, 3.63) is 57.5 Å². The molecular weight excluding hydrogens is 414 g/mol. The van der Waals surface area contributed by atoms with Gasteiger partial charge in [0.2, 0.25) is 0 Å². The summed E-state index contributed by atoms with van der Waals surface area (Å²) < 4.78 is 11.7. The quantitative estimate of drug-likeness (QED) is 0.422. The van der Waals surface area contributed by atoms with Gasteiger partial charge >= 0.3 is 0 Å². The number of aryl methyl sites for hydroxylation is 1. The smallest absolute Gasteiger partial charge is 0.270 e. The van der Waals surface area contributed by atoms with E-state index in [1.807, 2.05) is 51.1 Å². The minimum atomic E-state index is -0.151. The van der Waals surface area contributed by atoms with Crippen LogP contribution < -0.4 is 14.4 Å². The lowest BCUT2D eigenvalue weighted by molar-refractivity contribution is -0.113. The van der Waals surface area contributed by atoms with Crippen molar-refractivity contribution in [2.75, 3.05) is 18.1 Å². The number of hydrogen-bond donors (Lipinski definition) is 0. The van der Waals surface area contributed by atoms with Crippen LogP contribution in [0.1, 0.15) is 25.0 Å². The fraction of sp³-hybridized carbons (Fsp3) is 0.238. The third kappa shape index (κ3) is 4.35. The minimum absolute atomic E-state index is 0.151. The van der Waals surface area contributed by atoms with Gasteiger partial charge in [-0.15, -0.1) is 0 Å². The Morgan fingerprint density at radius 3 is 2.46 bits per heavy atom. The molecule has 4 nitrogen and oxygen atoms in total. The van der Waals surface area contributed by atoms with E-state index in [1.165, 1.54) is 11.8 Å². The summed E-state index contributed by atoms with van der Waals surface area (Å²) in [6.45, 7) is 6.74. The summed E-state index contributed by atoms with van der Waals surface area (Å²) in [5.74, 6) is 0.911. The van der Waals surface area contributed by atoms with E-state index >= 15 is 0 Å². The number of carbonyl (C=O) groups is 1. The van der Waals surface area contributed by atoms with Gasteiger partial charge < -0.3 is 9.47 Å². The number of hydrogen-bond acceptors (Lipinski definition) is 5. The van der Waals surface area contributed by atoms with Crippen LogP contribution in [-0.2, 0) is 4.79 Å². The highest BCUT2D eigenvalue weighted by Gasteiger charge is 2.33. The molecule has 2 aromatic rings. The first-order valence-corrected chi connectivity index (χ1v) is 10.5. The summed E-state index contributed by atoms with van der Waals surface area (Å²) in [4.78, 5) is 15.0. The monoisotopic (exact) mass is 433 g/mol. The lowest BCUT2D eigenvalue weighted by atomic mass is 10.1. The number of benzene rings is 2. The van der Waals surface area contributed by atoms with Gasteiger partial charge in [-0.1, -0.05) is 53.3 Å². The van der Waals surface area contributed by atoms with E-state index in [-0.39, 0.29) is 5.91 Å². The van der Waals surface area contributed by atoms with Crippen molar-refractivity contribution in [3.63, 3.8) is 0 Å². The average Bonchev–Trinajstić information content (AvgIpc) is 2.93. The van der Waals surface area contributed by atoms with Gasteiger partial charge in [-0.25, -0.2) is 0 Å². The molecule has 1 aliphatic heterocycles. The molecular formula is C21H20ClNO3S2. The van der Waals surface area contributed by atoms with Crippen LogP contribution in [-0.4, -0.2) is 23.4 Å². The predicted molar refractivity (Wildman–Crippen MR) is 121 cm³/mol. The Balaban J connectivity index is 1.94. The van der Waals surface area contributed by atoms with E-state index in [9.17, 15) is 4.79 Å². The molecule has 2 aromatic carbocycles. The first-order chi connectivity index (χ1) is 13.4. The van der Waals surface area contributed by atoms with Crippen molar-refractivity contribution in [2.45, 2.75) is 20.8 Å². The maximum absolute atomic E-state index is 12.9. The molecule has 1 heterocycles. The third-order valence-corrected chi connectivity index (χ3v) is 5.59. The summed E-state index contributed by atoms with van der Waals surface area (Å²) in [5.41, 5.74) is 2.63. The highest BCUT2D eigenvalue weighted by Crippen LogP contribution is 2.40. The summed E-state index contributed by atoms with van der Waals surface area (Å²) in [5, 5.41) is 0.438. The highest BCUT2D eigenvalue weighted by atomic mass is 35.5. The molecule has 0 unspecified atom stereocenters. The van der Waals surface area contributed by atoms with Gasteiger partial charge in [0.15, 0.2) is 15.8 Å². The SMILES string of the molecule is CCOc1cc(/C=C2\SC(=S)N(c3ccc(C)cc3)C2=O)cc(Cl)c1OCC. The number of nitrogens with zero attached hydrogens (tertiary/aromatic N) is 1. The number of anilines is 1. The van der Waals surface area contributed by atoms with Crippen LogP contribution in [0.2, 0.25) is 5.02 Å². The van der Waals surface area contributed by atoms with Crippen LogP contribution in [0.4, 0.5) is 5.69 Å². The van der Waals surface area contributed by atoms with Gasteiger partial charge in [-0.05, 0) is 56.7 Å². The van der Waals surface area contributed by atoms with Crippen molar-refractivity contribution in [3.8, 4) is 11.5 Å². The zero-order valence-electron chi connectivity index (χ0n) is 15.8. The number of thioether (sulfide) groups is 1. The van der Waals surface area contributed by atoms with E-state index in [4.69, 9.17) is 33.3 Å². The topological polar surface area (TPSA) is 38.8 Å². The van der Waals surface area contributed by atoms with Crippen LogP contribution in [0, 0.1) is 6.92 Å². The molecule has 1 amide bonds. The molecule has 28 heavy (non-hydrogen) atoms. The Morgan fingerprint density at radius 2 is 1.82 bits per heavy atom. The molecule has 0 bridgehead atoms. The molecule has 0 saturated carbocycles. The standard InChI is InChI=1S/C21H20ClNO3S2/c1-4-25-17-11-14(10-16(22)19(17)26-5-2)12-18-20(24)23(21(27)28-18)15-8-6-13(3)7-9-15/h6-12H,4-5H2,1-3H3/b18-12-. The lowest BCUT2D eigenvalue weighted by Crippen LogP contribution is -2.27. The van der Waals surface area contributed by atoms with Crippen molar-refractivity contribution in [1.29, 1.82) is 0 Å². The maximum atomic E-state index is 12.9. The Bertz CT molecular complexity index is 941. The fourth-order valence-corrected chi connectivity index (χ4v) is 4.33. The van der Waals surface area contributed by atoms with Crippen LogP contribution >= 0.6 is 35.6 Å². The first-order valence-electron chi connectivity index (χ1n) is 8.88. The molecule has 0 spiro atoms. The normalized spacial score (nSPS) is 15.4. The molecule has 7 heteroatoms. The number of thiocarbonyl (C=S) groups is 1. The number of halogens is 1. The largest absolute Gasteiger partial charge is 0.490 e. The third-order valence-electron chi connectivity index (χ3n) is 4.00. The summed E-state index contributed by atoms with van der Waals surface area (Å²) >= 11 is 13.1. The summed E-state index contributed by atoms with van der Waals surface area (Å²) in [6.07, 6.45) is 1.78. The molecule has 1 fully saturated rings. The summed E-state index contributed by atoms with van der Waals surface area (Å²) in [6, 6.07) is 11.3. The Hall–Kier alpha value is -2.02. The predicted octanol–water partition coefficient (Wildman–Crippen LogP) is 5.85. The second-order valence-corrected chi connectivity index (χ2v) is 8.13. The number of rotatable bonds is 6. The van der Waals surface area contributed by atoms with Gasteiger partial charge in [0.05, 0.1) is 28.8 Å². The zero-order valence-corrected chi connectivity index (χ0v) is 18.2. The average molecular weight is 434 g/mol. The molecule has 0 N–H and O–H groups in total. The highest BCUT2D eigenvalue weighted by molar-refractivity contribution is 8.27. The molecule has 0 aliphatic carbocycles.